The van der Waals surface area contributed by atoms with Gasteiger partial charge in [-0.2, -0.15) is 0 Å². The van der Waals surface area contributed by atoms with Crippen molar-refractivity contribution in [3.05, 3.63) is 65.2 Å². The Balaban J connectivity index is 1.72. The highest BCUT2D eigenvalue weighted by Crippen LogP contribution is 2.16. The summed E-state index contributed by atoms with van der Waals surface area (Å²) in [5.41, 5.74) is 3.29. The number of benzene rings is 2. The van der Waals surface area contributed by atoms with Crippen LogP contribution in [0.5, 0.6) is 5.75 Å². The Hall–Kier alpha value is -2.29. The van der Waals surface area contributed by atoms with Gasteiger partial charge in [-0.25, -0.2) is 0 Å². The van der Waals surface area contributed by atoms with Gasteiger partial charge >= 0.3 is 5.97 Å². The molecule has 110 valence electrons. The third-order valence-electron chi connectivity index (χ3n) is 3.01. The summed E-state index contributed by atoms with van der Waals surface area (Å²) in [6, 6.07) is 15.6. The standard InChI is InChI=1S/C18H20O3/c1-14-10-15(2)12-17(11-14)20-9-8-18(19)21-13-16-6-4-3-5-7-16/h3-7,10-12H,8-9,13H2,1-2H3. The van der Waals surface area contributed by atoms with Crippen LogP contribution in [0.4, 0.5) is 0 Å². The number of esters is 1. The maximum absolute atomic E-state index is 11.6. The Bertz CT molecular complexity index is 570. The number of ether oxygens (including phenoxy) is 2. The average molecular weight is 284 g/mol. The molecule has 0 atom stereocenters. The Kier molecular flexibility index (Phi) is 5.38. The SMILES string of the molecule is Cc1cc(C)cc(OCCC(=O)OCc2ccccc2)c1. The van der Waals surface area contributed by atoms with Crippen LogP contribution in [0.15, 0.2) is 48.5 Å². The molecule has 0 N–H and O–H groups in total. The van der Waals surface area contributed by atoms with Gasteiger partial charge in [0.05, 0.1) is 13.0 Å². The lowest BCUT2D eigenvalue weighted by Gasteiger charge is -2.08. The van der Waals surface area contributed by atoms with Crippen LogP contribution in [0.25, 0.3) is 0 Å². The Labute approximate surface area is 125 Å². The third-order valence-corrected chi connectivity index (χ3v) is 3.01. The van der Waals surface area contributed by atoms with Gasteiger partial charge in [0, 0.05) is 0 Å². The van der Waals surface area contributed by atoms with Crippen molar-refractivity contribution in [2.24, 2.45) is 0 Å². The number of carbonyl (C=O) groups is 1. The molecule has 3 nitrogen and oxygen atoms in total. The van der Waals surface area contributed by atoms with Crippen molar-refractivity contribution in [1.82, 2.24) is 0 Å². The molecule has 0 aliphatic heterocycles. The van der Waals surface area contributed by atoms with Crippen molar-refractivity contribution in [3.63, 3.8) is 0 Å². The second-order valence-electron chi connectivity index (χ2n) is 5.07. The Morgan fingerprint density at radius 3 is 2.33 bits per heavy atom. The minimum absolute atomic E-state index is 0.247. The Morgan fingerprint density at radius 1 is 1.00 bits per heavy atom. The van der Waals surface area contributed by atoms with Crippen molar-refractivity contribution >= 4 is 5.97 Å². The van der Waals surface area contributed by atoms with Crippen LogP contribution in [-0.2, 0) is 16.1 Å². The van der Waals surface area contributed by atoms with Crippen LogP contribution >= 0.6 is 0 Å². The number of hydrogen-bond donors (Lipinski definition) is 0. The van der Waals surface area contributed by atoms with E-state index < -0.39 is 0 Å². The van der Waals surface area contributed by atoms with Gasteiger partial charge < -0.3 is 9.47 Å². The average Bonchev–Trinajstić information content (AvgIpc) is 2.45. The number of hydrogen-bond acceptors (Lipinski definition) is 3. The molecule has 2 rings (SSSR count). The molecule has 0 heterocycles. The fraction of sp³-hybridized carbons (Fsp3) is 0.278. The van der Waals surface area contributed by atoms with E-state index >= 15 is 0 Å². The van der Waals surface area contributed by atoms with Crippen LogP contribution in [0.3, 0.4) is 0 Å². The van der Waals surface area contributed by atoms with Crippen molar-refractivity contribution in [2.75, 3.05) is 6.61 Å². The van der Waals surface area contributed by atoms with E-state index in [1.165, 1.54) is 0 Å². The maximum atomic E-state index is 11.6. The van der Waals surface area contributed by atoms with E-state index in [1.807, 2.05) is 56.3 Å². The molecule has 2 aromatic carbocycles. The van der Waals surface area contributed by atoms with E-state index in [4.69, 9.17) is 9.47 Å². The first-order valence-corrected chi connectivity index (χ1v) is 7.04. The van der Waals surface area contributed by atoms with Crippen LogP contribution in [0, 0.1) is 13.8 Å². The highest BCUT2D eigenvalue weighted by atomic mass is 16.5. The highest BCUT2D eigenvalue weighted by molar-refractivity contribution is 5.69. The topological polar surface area (TPSA) is 35.5 Å². The predicted molar refractivity (Wildman–Crippen MR) is 82.3 cm³/mol. The van der Waals surface area contributed by atoms with Gasteiger partial charge in [-0.15, -0.1) is 0 Å². The lowest BCUT2D eigenvalue weighted by Crippen LogP contribution is -2.10. The largest absolute Gasteiger partial charge is 0.493 e. The van der Waals surface area contributed by atoms with E-state index in [0.717, 1.165) is 22.4 Å². The number of aryl methyl sites for hydroxylation is 2. The normalized spacial score (nSPS) is 10.2. The maximum Gasteiger partial charge on any atom is 0.309 e. The summed E-state index contributed by atoms with van der Waals surface area (Å²) in [6.07, 6.45) is 0.250. The second-order valence-corrected chi connectivity index (χ2v) is 5.07. The molecule has 0 amide bonds. The molecule has 0 aromatic heterocycles. The number of carbonyl (C=O) groups excluding carboxylic acids is 1. The quantitative estimate of drug-likeness (QED) is 0.757. The molecule has 0 saturated carbocycles. The molecule has 0 bridgehead atoms. The fourth-order valence-electron chi connectivity index (χ4n) is 2.08. The van der Waals surface area contributed by atoms with Crippen LogP contribution in [-0.4, -0.2) is 12.6 Å². The molecule has 0 spiro atoms. The molecule has 0 fully saturated rings. The number of rotatable bonds is 6. The summed E-state index contributed by atoms with van der Waals surface area (Å²) in [6.45, 7) is 4.68. The van der Waals surface area contributed by atoms with Gasteiger partial charge in [-0.05, 0) is 42.7 Å². The highest BCUT2D eigenvalue weighted by Gasteiger charge is 2.04. The minimum Gasteiger partial charge on any atom is -0.493 e. The van der Waals surface area contributed by atoms with Gasteiger partial charge in [0.2, 0.25) is 0 Å². The van der Waals surface area contributed by atoms with Gasteiger partial charge in [0.15, 0.2) is 0 Å². The van der Waals surface area contributed by atoms with E-state index in [9.17, 15) is 4.79 Å². The van der Waals surface area contributed by atoms with E-state index in [2.05, 4.69) is 6.07 Å². The molecule has 0 unspecified atom stereocenters. The molecular formula is C18H20O3. The molecular weight excluding hydrogens is 264 g/mol. The zero-order valence-electron chi connectivity index (χ0n) is 12.5. The van der Waals surface area contributed by atoms with E-state index in [-0.39, 0.29) is 12.4 Å². The molecule has 21 heavy (non-hydrogen) atoms. The first-order chi connectivity index (χ1) is 10.1. The van der Waals surface area contributed by atoms with E-state index in [0.29, 0.717) is 13.2 Å². The van der Waals surface area contributed by atoms with Crippen LogP contribution < -0.4 is 4.74 Å². The predicted octanol–water partition coefficient (Wildman–Crippen LogP) is 3.82. The summed E-state index contributed by atoms with van der Waals surface area (Å²) in [5, 5.41) is 0. The third kappa shape index (κ3) is 5.30. The van der Waals surface area contributed by atoms with Gasteiger partial charge in [-0.1, -0.05) is 36.4 Å². The monoisotopic (exact) mass is 284 g/mol. The molecule has 3 heteroatoms. The summed E-state index contributed by atoms with van der Waals surface area (Å²) < 4.78 is 10.8. The lowest BCUT2D eigenvalue weighted by atomic mass is 10.1. The summed E-state index contributed by atoms with van der Waals surface area (Å²) >= 11 is 0. The molecule has 0 aliphatic rings. The molecule has 2 aromatic rings. The zero-order valence-corrected chi connectivity index (χ0v) is 12.5. The van der Waals surface area contributed by atoms with Crippen LogP contribution in [0.1, 0.15) is 23.1 Å². The zero-order chi connectivity index (χ0) is 15.1. The van der Waals surface area contributed by atoms with E-state index in [1.54, 1.807) is 0 Å². The van der Waals surface area contributed by atoms with Crippen molar-refractivity contribution in [3.8, 4) is 5.75 Å². The second kappa shape index (κ2) is 7.48. The summed E-state index contributed by atoms with van der Waals surface area (Å²) in [7, 11) is 0. The molecule has 0 aliphatic carbocycles. The summed E-state index contributed by atoms with van der Waals surface area (Å²) in [5.74, 6) is 0.548. The van der Waals surface area contributed by atoms with Gasteiger partial charge in [0.25, 0.3) is 0 Å². The lowest BCUT2D eigenvalue weighted by molar-refractivity contribution is -0.145. The molecule has 0 radical (unpaired) electrons. The first-order valence-electron chi connectivity index (χ1n) is 7.04. The van der Waals surface area contributed by atoms with Gasteiger partial charge in [-0.3, -0.25) is 4.79 Å². The molecule has 0 saturated heterocycles. The Morgan fingerprint density at radius 2 is 1.67 bits per heavy atom. The van der Waals surface area contributed by atoms with Gasteiger partial charge in [0.1, 0.15) is 12.4 Å². The first kappa shape index (κ1) is 15.1. The van der Waals surface area contributed by atoms with Crippen molar-refractivity contribution < 1.29 is 14.3 Å². The van der Waals surface area contributed by atoms with Crippen molar-refractivity contribution in [2.45, 2.75) is 26.9 Å². The minimum atomic E-state index is -0.247. The fourth-order valence-corrected chi connectivity index (χ4v) is 2.08. The van der Waals surface area contributed by atoms with Crippen molar-refractivity contribution in [1.29, 1.82) is 0 Å². The smallest absolute Gasteiger partial charge is 0.309 e. The summed E-state index contributed by atoms with van der Waals surface area (Å²) in [4.78, 5) is 11.6. The van der Waals surface area contributed by atoms with Crippen LogP contribution in [0.2, 0.25) is 0 Å².